The molecule has 7 heteroatoms. The van der Waals surface area contributed by atoms with Crippen LogP contribution < -0.4 is 0 Å². The third kappa shape index (κ3) is 6.11. The number of fused-ring (bicyclic) bond motifs is 1. The predicted molar refractivity (Wildman–Crippen MR) is 140 cm³/mol. The molecule has 0 amide bonds. The molecule has 1 aromatic carbocycles. The van der Waals surface area contributed by atoms with Crippen LogP contribution in [0.2, 0.25) is 0 Å². The number of carbonyl (C=O) groups is 2. The Bertz CT molecular complexity index is 1250. The van der Waals surface area contributed by atoms with Gasteiger partial charge in [-0.3, -0.25) is 14.3 Å². The van der Waals surface area contributed by atoms with Crippen molar-refractivity contribution >= 4 is 23.1 Å². The van der Waals surface area contributed by atoms with Crippen molar-refractivity contribution in [1.29, 1.82) is 5.26 Å². The van der Waals surface area contributed by atoms with Crippen LogP contribution in [0.1, 0.15) is 77.1 Å². The van der Waals surface area contributed by atoms with E-state index in [1.54, 1.807) is 22.2 Å². The van der Waals surface area contributed by atoms with Crippen molar-refractivity contribution in [2.45, 2.75) is 64.2 Å². The number of esters is 1. The topological polar surface area (TPSA) is 85.0 Å². The fraction of sp³-hybridized carbons (Fsp3) is 0.448. The lowest BCUT2D eigenvalue weighted by Crippen LogP contribution is -2.21. The maximum Gasteiger partial charge on any atom is 0.306 e. The highest BCUT2D eigenvalue weighted by atomic mass is 32.1. The van der Waals surface area contributed by atoms with Gasteiger partial charge in [0.2, 0.25) is 0 Å². The molecule has 2 heterocycles. The molecule has 0 aliphatic heterocycles. The van der Waals surface area contributed by atoms with Crippen molar-refractivity contribution in [1.82, 2.24) is 9.78 Å². The Labute approximate surface area is 216 Å². The summed E-state index contributed by atoms with van der Waals surface area (Å²) in [7, 11) is 1.87. The smallest absolute Gasteiger partial charge is 0.306 e. The Kier molecular flexibility index (Phi) is 8.37. The Morgan fingerprint density at radius 2 is 1.97 bits per heavy atom. The second-order valence-electron chi connectivity index (χ2n) is 9.92. The van der Waals surface area contributed by atoms with Gasteiger partial charge in [-0.1, -0.05) is 44.2 Å². The van der Waals surface area contributed by atoms with Gasteiger partial charge in [0.05, 0.1) is 18.6 Å². The van der Waals surface area contributed by atoms with E-state index in [1.807, 2.05) is 38.2 Å². The maximum atomic E-state index is 12.8. The van der Waals surface area contributed by atoms with Crippen LogP contribution in [0.5, 0.6) is 0 Å². The largest absolute Gasteiger partial charge is 0.465 e. The van der Waals surface area contributed by atoms with Gasteiger partial charge >= 0.3 is 5.97 Å². The van der Waals surface area contributed by atoms with E-state index in [0.29, 0.717) is 31.4 Å². The number of ether oxygens (including phenoxy) is 1. The molecule has 1 aliphatic carbocycles. The van der Waals surface area contributed by atoms with Crippen LogP contribution in [-0.2, 0) is 40.6 Å². The summed E-state index contributed by atoms with van der Waals surface area (Å²) in [6.45, 7) is 4.46. The molecule has 3 unspecified atom stereocenters. The van der Waals surface area contributed by atoms with E-state index in [1.165, 1.54) is 4.88 Å². The molecule has 0 spiro atoms. The molecule has 0 saturated heterocycles. The van der Waals surface area contributed by atoms with Gasteiger partial charge in [0.25, 0.3) is 0 Å². The number of hydrogen-bond donors (Lipinski definition) is 0. The van der Waals surface area contributed by atoms with E-state index in [-0.39, 0.29) is 29.5 Å². The number of nitriles is 1. The molecule has 2 aromatic heterocycles. The second kappa shape index (κ2) is 11.7. The van der Waals surface area contributed by atoms with Gasteiger partial charge in [-0.2, -0.15) is 10.4 Å². The van der Waals surface area contributed by atoms with Gasteiger partial charge in [0, 0.05) is 47.5 Å². The summed E-state index contributed by atoms with van der Waals surface area (Å²) in [5, 5.41) is 14.0. The average Bonchev–Trinajstić information content (AvgIpc) is 3.45. The summed E-state index contributed by atoms with van der Waals surface area (Å²) in [6, 6.07) is 14.4. The highest BCUT2D eigenvalue weighted by Crippen LogP contribution is 2.37. The zero-order chi connectivity index (χ0) is 25.7. The molecule has 0 radical (unpaired) electrons. The zero-order valence-corrected chi connectivity index (χ0v) is 22.0. The van der Waals surface area contributed by atoms with Crippen LogP contribution >= 0.6 is 11.3 Å². The molecular weight excluding hydrogens is 470 g/mol. The molecule has 0 N–H and O–H groups in total. The fourth-order valence-corrected chi connectivity index (χ4v) is 6.54. The summed E-state index contributed by atoms with van der Waals surface area (Å²) < 4.78 is 7.42. The second-order valence-corrected chi connectivity index (χ2v) is 11.1. The molecule has 0 bridgehead atoms. The number of aryl methyl sites for hydroxylation is 1. The summed E-state index contributed by atoms with van der Waals surface area (Å²) in [5.41, 5.74) is 3.95. The number of thiophene rings is 1. The summed E-state index contributed by atoms with van der Waals surface area (Å²) in [5.74, 6) is 0.397. The van der Waals surface area contributed by atoms with Crippen molar-refractivity contribution in [3.8, 4) is 6.07 Å². The number of carbonyl (C=O) groups excluding carboxylic acids is 2. The lowest BCUT2D eigenvalue weighted by molar-refractivity contribution is -0.145. The molecule has 0 fully saturated rings. The van der Waals surface area contributed by atoms with Crippen LogP contribution in [-0.4, -0.2) is 28.1 Å². The number of rotatable bonds is 10. The molecule has 1 aliphatic rings. The third-order valence-corrected chi connectivity index (χ3v) is 8.38. The molecule has 4 rings (SSSR count). The standard InChI is InChI=1S/C29H33N3O3S/c1-19(22-7-5-4-6-8-22)13-23(33)16-28-25(17-30)24-10-9-21(15-27(24)36-28)18-35-29(34)14-20(2)26-11-12-31-32(26)3/h4-8,11-12,19-21H,9-10,13-16,18H2,1-3H3. The van der Waals surface area contributed by atoms with E-state index in [0.717, 1.165) is 41.0 Å². The fourth-order valence-electron chi connectivity index (χ4n) is 5.09. The van der Waals surface area contributed by atoms with Crippen LogP contribution in [0, 0.1) is 17.2 Å². The summed E-state index contributed by atoms with van der Waals surface area (Å²) in [4.78, 5) is 27.3. The van der Waals surface area contributed by atoms with Gasteiger partial charge in [-0.25, -0.2) is 0 Å². The number of ketones is 1. The monoisotopic (exact) mass is 503 g/mol. The van der Waals surface area contributed by atoms with Crippen LogP contribution in [0.3, 0.4) is 0 Å². The quantitative estimate of drug-likeness (QED) is 0.341. The predicted octanol–water partition coefficient (Wildman–Crippen LogP) is 5.50. The molecule has 36 heavy (non-hydrogen) atoms. The first-order valence-corrected chi connectivity index (χ1v) is 13.4. The van der Waals surface area contributed by atoms with Gasteiger partial charge in [0.1, 0.15) is 11.9 Å². The lowest BCUT2D eigenvalue weighted by atomic mass is 9.87. The Hall–Kier alpha value is -3.24. The number of nitrogens with zero attached hydrogens (tertiary/aromatic N) is 3. The van der Waals surface area contributed by atoms with Crippen LogP contribution in [0.4, 0.5) is 0 Å². The van der Waals surface area contributed by atoms with Gasteiger partial charge in [-0.15, -0.1) is 11.3 Å². The maximum absolute atomic E-state index is 12.8. The number of Topliss-reactive ketones (excluding diaryl/α,β-unsaturated/α-hetero) is 1. The molecule has 188 valence electrons. The SMILES string of the molecule is CC(CC(=O)Cc1sc2c(c1C#N)CCC(COC(=O)CC(C)c1ccnn1C)C2)c1ccccc1. The van der Waals surface area contributed by atoms with E-state index in [2.05, 4.69) is 30.2 Å². The molecule has 0 saturated carbocycles. The Balaban J connectivity index is 1.32. The van der Waals surface area contributed by atoms with Gasteiger partial charge in [-0.05, 0) is 48.3 Å². The van der Waals surface area contributed by atoms with Gasteiger partial charge in [0.15, 0.2) is 0 Å². The number of benzene rings is 1. The van der Waals surface area contributed by atoms with Crippen molar-refractivity contribution < 1.29 is 14.3 Å². The van der Waals surface area contributed by atoms with Gasteiger partial charge < -0.3 is 4.74 Å². The van der Waals surface area contributed by atoms with Crippen LogP contribution in [0.25, 0.3) is 0 Å². The highest BCUT2D eigenvalue weighted by Gasteiger charge is 2.28. The normalized spacial score (nSPS) is 16.6. The minimum atomic E-state index is -0.197. The first-order valence-electron chi connectivity index (χ1n) is 12.6. The first-order chi connectivity index (χ1) is 17.4. The van der Waals surface area contributed by atoms with E-state index in [4.69, 9.17) is 4.74 Å². The van der Waals surface area contributed by atoms with E-state index in [9.17, 15) is 14.9 Å². The average molecular weight is 504 g/mol. The minimum Gasteiger partial charge on any atom is -0.465 e. The van der Waals surface area contributed by atoms with E-state index >= 15 is 0 Å². The minimum absolute atomic E-state index is 0.0446. The van der Waals surface area contributed by atoms with Crippen molar-refractivity contribution in [3.05, 3.63) is 74.7 Å². The van der Waals surface area contributed by atoms with E-state index < -0.39 is 0 Å². The Morgan fingerprint density at radius 1 is 1.19 bits per heavy atom. The number of aromatic nitrogens is 2. The zero-order valence-electron chi connectivity index (χ0n) is 21.2. The third-order valence-electron chi connectivity index (χ3n) is 7.13. The highest BCUT2D eigenvalue weighted by molar-refractivity contribution is 7.12. The Morgan fingerprint density at radius 3 is 2.67 bits per heavy atom. The molecule has 3 aromatic rings. The molecule has 6 nitrogen and oxygen atoms in total. The summed E-state index contributed by atoms with van der Waals surface area (Å²) in [6.07, 6.45) is 5.28. The van der Waals surface area contributed by atoms with Crippen molar-refractivity contribution in [2.75, 3.05) is 6.61 Å². The first kappa shape index (κ1) is 25.8. The number of hydrogen-bond acceptors (Lipinski definition) is 6. The van der Waals surface area contributed by atoms with Crippen LogP contribution in [0.15, 0.2) is 42.6 Å². The molecular formula is C29H33N3O3S. The van der Waals surface area contributed by atoms with Crippen molar-refractivity contribution in [2.24, 2.45) is 13.0 Å². The molecule has 3 atom stereocenters. The lowest BCUT2D eigenvalue weighted by Gasteiger charge is -2.22. The summed E-state index contributed by atoms with van der Waals surface area (Å²) >= 11 is 1.59. The van der Waals surface area contributed by atoms with Crippen molar-refractivity contribution in [3.63, 3.8) is 0 Å².